The maximum atomic E-state index is 10.9. The molecule has 0 saturated carbocycles. The minimum atomic E-state index is 0.614. The van der Waals surface area contributed by atoms with Crippen molar-refractivity contribution in [3.8, 4) is 0 Å². The molecule has 1 aliphatic heterocycles. The van der Waals surface area contributed by atoms with Crippen LogP contribution in [0.3, 0.4) is 0 Å². The van der Waals surface area contributed by atoms with Crippen molar-refractivity contribution >= 4 is 23.5 Å². The van der Waals surface area contributed by atoms with Crippen molar-refractivity contribution in [2.75, 3.05) is 48.9 Å². The van der Waals surface area contributed by atoms with E-state index in [1.807, 2.05) is 12.1 Å². The van der Waals surface area contributed by atoms with Crippen LogP contribution >= 0.6 is 0 Å². The number of para-hydroxylation sites is 1. The second-order valence-electron chi connectivity index (χ2n) is 4.03. The van der Waals surface area contributed by atoms with E-state index in [9.17, 15) is 4.79 Å². The molecule has 92 valence electrons. The predicted molar refractivity (Wildman–Crippen MR) is 68.4 cm³/mol. The highest BCUT2D eigenvalue weighted by Crippen LogP contribution is 2.34. The van der Waals surface area contributed by atoms with Gasteiger partial charge >= 0.3 is 0 Å². The van der Waals surface area contributed by atoms with Gasteiger partial charge in [-0.25, -0.2) is 0 Å². The molecule has 0 aliphatic carbocycles. The van der Waals surface area contributed by atoms with Crippen LogP contribution in [0.5, 0.6) is 0 Å². The van der Waals surface area contributed by atoms with Crippen LogP contribution in [0.4, 0.5) is 17.1 Å². The molecule has 1 saturated heterocycles. The molecule has 0 spiro atoms. The Hall–Kier alpha value is -1.75. The molecule has 2 N–H and O–H groups in total. The third-order valence-electron chi connectivity index (χ3n) is 2.91. The Morgan fingerprint density at radius 1 is 1.41 bits per heavy atom. The highest BCUT2D eigenvalue weighted by molar-refractivity contribution is 5.91. The molecule has 5 heteroatoms. The van der Waals surface area contributed by atoms with Crippen molar-refractivity contribution in [2.24, 2.45) is 0 Å². The van der Waals surface area contributed by atoms with Crippen LogP contribution in [0.1, 0.15) is 0 Å². The van der Waals surface area contributed by atoms with Gasteiger partial charge in [-0.2, -0.15) is 0 Å². The molecule has 1 heterocycles. The van der Waals surface area contributed by atoms with Gasteiger partial charge in [-0.05, 0) is 12.1 Å². The minimum Gasteiger partial charge on any atom is -0.397 e. The van der Waals surface area contributed by atoms with Gasteiger partial charge < -0.3 is 20.3 Å². The number of amides is 1. The van der Waals surface area contributed by atoms with Crippen LogP contribution in [-0.2, 0) is 9.53 Å². The second-order valence-corrected chi connectivity index (χ2v) is 4.03. The first-order valence-corrected chi connectivity index (χ1v) is 5.63. The van der Waals surface area contributed by atoms with E-state index in [4.69, 9.17) is 10.5 Å². The molecule has 0 aromatic heterocycles. The summed E-state index contributed by atoms with van der Waals surface area (Å²) in [5.41, 5.74) is 8.32. The normalized spacial score (nSPS) is 15.7. The Kier molecular flexibility index (Phi) is 3.49. The first-order valence-electron chi connectivity index (χ1n) is 5.63. The smallest absolute Gasteiger partial charge is 0.213 e. The summed E-state index contributed by atoms with van der Waals surface area (Å²) in [7, 11) is 1.71. The molecule has 0 atom stereocenters. The van der Waals surface area contributed by atoms with Crippen LogP contribution in [0.15, 0.2) is 18.2 Å². The summed E-state index contributed by atoms with van der Waals surface area (Å²) in [6, 6.07) is 5.69. The zero-order valence-corrected chi connectivity index (χ0v) is 9.93. The van der Waals surface area contributed by atoms with E-state index in [1.54, 1.807) is 13.1 Å². The standard InChI is InChI=1S/C12H17N3O2/c1-14(9-16)12-10(13)3-2-4-11(12)15-5-7-17-8-6-15/h2-4,9H,5-8,13H2,1H3. The number of carbonyl (C=O) groups excluding carboxylic acids is 1. The Balaban J connectivity index is 2.37. The van der Waals surface area contributed by atoms with Gasteiger partial charge in [0, 0.05) is 20.1 Å². The number of ether oxygens (including phenoxy) is 1. The van der Waals surface area contributed by atoms with Gasteiger partial charge in [-0.15, -0.1) is 0 Å². The van der Waals surface area contributed by atoms with Gasteiger partial charge in [0.05, 0.1) is 30.3 Å². The van der Waals surface area contributed by atoms with E-state index in [0.717, 1.165) is 30.9 Å². The van der Waals surface area contributed by atoms with Gasteiger partial charge in [-0.1, -0.05) is 6.07 Å². The average molecular weight is 235 g/mol. The first kappa shape index (κ1) is 11.7. The number of nitrogens with two attached hydrogens (primary N) is 1. The fourth-order valence-electron chi connectivity index (χ4n) is 2.05. The number of rotatable bonds is 3. The maximum Gasteiger partial charge on any atom is 0.213 e. The Bertz CT molecular complexity index is 403. The molecular weight excluding hydrogens is 218 g/mol. The lowest BCUT2D eigenvalue weighted by Gasteiger charge is -2.32. The number of carbonyl (C=O) groups is 1. The van der Waals surface area contributed by atoms with Crippen molar-refractivity contribution in [3.05, 3.63) is 18.2 Å². The molecule has 5 nitrogen and oxygen atoms in total. The number of nitrogens with zero attached hydrogens (tertiary/aromatic N) is 2. The lowest BCUT2D eigenvalue weighted by Crippen LogP contribution is -2.37. The molecule has 17 heavy (non-hydrogen) atoms. The average Bonchev–Trinajstić information content (AvgIpc) is 2.38. The lowest BCUT2D eigenvalue weighted by atomic mass is 10.2. The molecule has 0 radical (unpaired) electrons. The van der Waals surface area contributed by atoms with Gasteiger partial charge in [0.25, 0.3) is 0 Å². The fraction of sp³-hybridized carbons (Fsp3) is 0.417. The molecular formula is C12H17N3O2. The molecule has 1 aromatic rings. The van der Waals surface area contributed by atoms with Gasteiger partial charge in [0.2, 0.25) is 6.41 Å². The third-order valence-corrected chi connectivity index (χ3v) is 2.91. The zero-order valence-electron chi connectivity index (χ0n) is 9.93. The monoisotopic (exact) mass is 235 g/mol. The number of anilines is 3. The molecule has 1 aliphatic rings. The summed E-state index contributed by atoms with van der Waals surface area (Å²) in [5.74, 6) is 0. The van der Waals surface area contributed by atoms with E-state index in [-0.39, 0.29) is 0 Å². The van der Waals surface area contributed by atoms with E-state index in [1.165, 1.54) is 4.90 Å². The van der Waals surface area contributed by atoms with E-state index in [2.05, 4.69) is 4.90 Å². The third kappa shape index (κ3) is 2.34. The molecule has 2 rings (SSSR count). The molecule has 1 aromatic carbocycles. The molecule has 1 fully saturated rings. The summed E-state index contributed by atoms with van der Waals surface area (Å²) in [4.78, 5) is 14.6. The van der Waals surface area contributed by atoms with E-state index < -0.39 is 0 Å². The highest BCUT2D eigenvalue weighted by atomic mass is 16.5. The van der Waals surface area contributed by atoms with Gasteiger partial charge in [0.1, 0.15) is 0 Å². The SMILES string of the molecule is CN(C=O)c1c(N)cccc1N1CCOCC1. The molecule has 1 amide bonds. The molecule has 0 unspecified atom stereocenters. The summed E-state index contributed by atoms with van der Waals surface area (Å²) >= 11 is 0. The Labute approximate surface area is 101 Å². The fourth-order valence-corrected chi connectivity index (χ4v) is 2.05. The number of nitrogen functional groups attached to an aromatic ring is 1. The van der Waals surface area contributed by atoms with Gasteiger partial charge in [0.15, 0.2) is 0 Å². The van der Waals surface area contributed by atoms with Gasteiger partial charge in [-0.3, -0.25) is 4.79 Å². The van der Waals surface area contributed by atoms with Crippen LogP contribution in [0, 0.1) is 0 Å². The van der Waals surface area contributed by atoms with E-state index in [0.29, 0.717) is 18.9 Å². The molecule has 0 bridgehead atoms. The van der Waals surface area contributed by atoms with Crippen molar-refractivity contribution < 1.29 is 9.53 Å². The quantitative estimate of drug-likeness (QED) is 0.619. The van der Waals surface area contributed by atoms with Crippen molar-refractivity contribution in [1.82, 2.24) is 0 Å². The summed E-state index contributed by atoms with van der Waals surface area (Å²) in [6.07, 6.45) is 0.773. The number of benzene rings is 1. The van der Waals surface area contributed by atoms with Crippen LogP contribution in [-0.4, -0.2) is 39.8 Å². The summed E-state index contributed by atoms with van der Waals surface area (Å²) < 4.78 is 5.32. The van der Waals surface area contributed by atoms with Crippen LogP contribution in [0.25, 0.3) is 0 Å². The Morgan fingerprint density at radius 3 is 2.76 bits per heavy atom. The summed E-state index contributed by atoms with van der Waals surface area (Å²) in [5, 5.41) is 0. The van der Waals surface area contributed by atoms with Crippen LogP contribution < -0.4 is 15.5 Å². The summed E-state index contributed by atoms with van der Waals surface area (Å²) in [6.45, 7) is 3.06. The largest absolute Gasteiger partial charge is 0.397 e. The second kappa shape index (κ2) is 5.05. The number of hydrogen-bond donors (Lipinski definition) is 1. The number of morpholine rings is 1. The highest BCUT2D eigenvalue weighted by Gasteiger charge is 2.18. The van der Waals surface area contributed by atoms with E-state index >= 15 is 0 Å². The van der Waals surface area contributed by atoms with Crippen LogP contribution in [0.2, 0.25) is 0 Å². The minimum absolute atomic E-state index is 0.614. The van der Waals surface area contributed by atoms with Crippen molar-refractivity contribution in [2.45, 2.75) is 0 Å². The Morgan fingerprint density at radius 2 is 2.12 bits per heavy atom. The number of hydrogen-bond acceptors (Lipinski definition) is 4. The zero-order chi connectivity index (χ0) is 12.3. The maximum absolute atomic E-state index is 10.9. The van der Waals surface area contributed by atoms with Crippen molar-refractivity contribution in [3.63, 3.8) is 0 Å². The lowest BCUT2D eigenvalue weighted by molar-refractivity contribution is -0.107. The predicted octanol–water partition coefficient (Wildman–Crippen LogP) is 0.698. The first-order chi connectivity index (χ1) is 8.24. The topological polar surface area (TPSA) is 58.8 Å². The van der Waals surface area contributed by atoms with Crippen molar-refractivity contribution in [1.29, 1.82) is 0 Å².